The smallest absolute Gasteiger partial charge is 0.255 e. The summed E-state index contributed by atoms with van der Waals surface area (Å²) in [7, 11) is 2.98. The Hall–Kier alpha value is -3.81. The number of likely N-dealkylation sites (N-methyl/N-ethyl adjacent to an activating group) is 1. The van der Waals surface area contributed by atoms with Gasteiger partial charge in [0.15, 0.2) is 17.1 Å². The maximum absolute atomic E-state index is 15.3. The summed E-state index contributed by atoms with van der Waals surface area (Å²) in [4.78, 5) is 52.9. The molecule has 39 heavy (non-hydrogen) atoms. The van der Waals surface area contributed by atoms with Crippen molar-refractivity contribution in [1.82, 2.24) is 10.2 Å². The zero-order valence-electron chi connectivity index (χ0n) is 21.2. The van der Waals surface area contributed by atoms with E-state index in [9.17, 15) is 39.6 Å². The third kappa shape index (κ3) is 3.75. The molecule has 0 unspecified atom stereocenters. The molecular weight excluding hydrogens is 515 g/mol. The molecule has 5 rings (SSSR count). The van der Waals surface area contributed by atoms with Crippen molar-refractivity contribution in [2.24, 2.45) is 17.6 Å². The number of ketones is 2. The normalized spacial score (nSPS) is 30.3. The summed E-state index contributed by atoms with van der Waals surface area (Å²) in [6, 6.07) is -0.845. The Morgan fingerprint density at radius 1 is 1.23 bits per heavy atom. The van der Waals surface area contributed by atoms with E-state index in [-0.39, 0.29) is 24.1 Å². The van der Waals surface area contributed by atoms with Crippen molar-refractivity contribution >= 4 is 34.8 Å². The van der Waals surface area contributed by atoms with Crippen LogP contribution in [0.2, 0.25) is 0 Å². The third-order valence-corrected chi connectivity index (χ3v) is 8.30. The molecule has 1 aromatic rings. The van der Waals surface area contributed by atoms with E-state index in [1.807, 2.05) is 0 Å². The minimum atomic E-state index is -2.79. The number of aliphatic hydroxyl groups excluding tert-OH is 2. The minimum absolute atomic E-state index is 0.116. The van der Waals surface area contributed by atoms with E-state index in [1.54, 1.807) is 0 Å². The molecule has 13 heteroatoms. The van der Waals surface area contributed by atoms with Crippen LogP contribution < -0.4 is 16.4 Å². The molecule has 1 saturated heterocycles. The number of hydrogen-bond acceptors (Lipinski definition) is 10. The standard InChI is InChI=1S/C26H29FN4O8/c1-31(2)18-11-7-9-6-10-12(27)8-14(30-25(38)13-4-3-5-29-13)19(32)16(10)20(33)15(9)22(35)26(11,39)23(36)17(21(18)34)24(28)37/h8-9,11,13,18,29,32-33,36,39H,3-7H2,1-2H3,(H2,28,37)(H,30,38)/t9-,11-,13-,18-,26-/m0/s1. The van der Waals surface area contributed by atoms with E-state index in [1.165, 1.54) is 19.0 Å². The minimum Gasteiger partial charge on any atom is -0.508 e. The lowest BCUT2D eigenvalue weighted by Crippen LogP contribution is -2.65. The number of halogens is 1. The third-order valence-electron chi connectivity index (χ3n) is 8.30. The number of carbonyl (C=O) groups excluding carboxylic acids is 4. The number of nitrogens with zero attached hydrogens (tertiary/aromatic N) is 1. The summed E-state index contributed by atoms with van der Waals surface area (Å²) >= 11 is 0. The Balaban J connectivity index is 1.64. The number of nitrogens with two attached hydrogens (primary N) is 1. The van der Waals surface area contributed by atoms with Crippen molar-refractivity contribution in [3.05, 3.63) is 39.9 Å². The number of carbonyl (C=O) groups is 4. The first-order chi connectivity index (χ1) is 18.3. The molecule has 5 atom stereocenters. The predicted octanol–water partition coefficient (Wildman–Crippen LogP) is -0.206. The molecule has 0 spiro atoms. The SMILES string of the molecule is CN(C)[C@@H]1C(=O)C(C(N)=O)=C(O)[C@@]2(O)C(=O)C3=C(O)c4c(O)c(NC(=O)[C@@H]5CCCN5)cc(F)c4C[C@H]3C[C@@H]12. The van der Waals surface area contributed by atoms with Crippen LogP contribution in [0.1, 0.15) is 30.4 Å². The number of benzene rings is 1. The fourth-order valence-electron chi connectivity index (χ4n) is 6.49. The summed E-state index contributed by atoms with van der Waals surface area (Å²) in [5, 5.41) is 50.1. The molecule has 2 amide bonds. The number of phenolic OH excluding ortho intramolecular Hbond substituents is 1. The molecule has 0 aromatic heterocycles. The van der Waals surface area contributed by atoms with Crippen LogP contribution in [0.15, 0.2) is 23.0 Å². The largest absolute Gasteiger partial charge is 0.508 e. The van der Waals surface area contributed by atoms with Crippen LogP contribution >= 0.6 is 0 Å². The molecule has 0 radical (unpaired) electrons. The van der Waals surface area contributed by atoms with Gasteiger partial charge in [0.25, 0.3) is 5.91 Å². The van der Waals surface area contributed by atoms with Gasteiger partial charge in [0.1, 0.15) is 22.9 Å². The Morgan fingerprint density at radius 3 is 2.51 bits per heavy atom. The Kier molecular flexibility index (Phi) is 6.28. The number of hydrogen-bond donors (Lipinski definition) is 7. The van der Waals surface area contributed by atoms with Gasteiger partial charge in [0.2, 0.25) is 11.7 Å². The molecule has 2 fully saturated rings. The van der Waals surface area contributed by atoms with Crippen molar-refractivity contribution in [3.8, 4) is 5.75 Å². The van der Waals surface area contributed by atoms with E-state index < -0.39 is 92.7 Å². The molecule has 8 N–H and O–H groups in total. The van der Waals surface area contributed by atoms with E-state index in [0.29, 0.717) is 13.0 Å². The van der Waals surface area contributed by atoms with Crippen LogP contribution in [0.25, 0.3) is 5.76 Å². The first-order valence-electron chi connectivity index (χ1n) is 12.5. The van der Waals surface area contributed by atoms with Crippen LogP contribution in [-0.4, -0.2) is 87.0 Å². The first kappa shape index (κ1) is 26.8. The van der Waals surface area contributed by atoms with E-state index in [0.717, 1.165) is 12.5 Å². The number of anilines is 1. The Bertz CT molecular complexity index is 1400. The molecule has 1 saturated carbocycles. The summed E-state index contributed by atoms with van der Waals surface area (Å²) in [6.07, 6.45) is 0.970. The van der Waals surface area contributed by atoms with Crippen molar-refractivity contribution in [2.75, 3.05) is 26.0 Å². The van der Waals surface area contributed by atoms with Crippen molar-refractivity contribution in [2.45, 2.75) is 43.4 Å². The molecule has 1 aromatic carbocycles. The van der Waals surface area contributed by atoms with Gasteiger partial charge in [-0.05, 0) is 52.2 Å². The summed E-state index contributed by atoms with van der Waals surface area (Å²) < 4.78 is 15.3. The van der Waals surface area contributed by atoms with Gasteiger partial charge in [0, 0.05) is 23.1 Å². The highest BCUT2D eigenvalue weighted by Crippen LogP contribution is 2.53. The number of Topliss-reactive ketones (excluding diaryl/α,β-unsaturated/α-hetero) is 2. The summed E-state index contributed by atoms with van der Waals surface area (Å²) in [6.45, 7) is 0.627. The molecular formula is C26H29FN4O8. The van der Waals surface area contributed by atoms with Gasteiger partial charge in [-0.3, -0.25) is 24.1 Å². The van der Waals surface area contributed by atoms with Crippen LogP contribution in [-0.2, 0) is 25.6 Å². The average Bonchev–Trinajstić information content (AvgIpc) is 3.39. The van der Waals surface area contributed by atoms with Crippen molar-refractivity contribution in [3.63, 3.8) is 0 Å². The number of amides is 2. The second kappa shape index (κ2) is 9.14. The highest BCUT2D eigenvalue weighted by molar-refractivity contribution is 6.24. The van der Waals surface area contributed by atoms with Gasteiger partial charge < -0.3 is 36.8 Å². The number of aromatic hydroxyl groups is 1. The molecule has 4 aliphatic rings. The zero-order chi connectivity index (χ0) is 28.5. The Labute approximate surface area is 222 Å². The lowest BCUT2D eigenvalue weighted by atomic mass is 9.57. The van der Waals surface area contributed by atoms with Gasteiger partial charge in [0.05, 0.1) is 23.3 Å². The van der Waals surface area contributed by atoms with Gasteiger partial charge in [-0.1, -0.05) is 0 Å². The monoisotopic (exact) mass is 544 g/mol. The summed E-state index contributed by atoms with van der Waals surface area (Å²) in [5.74, 6) is -9.65. The number of rotatable bonds is 4. The van der Waals surface area contributed by atoms with Crippen LogP contribution in [0.3, 0.4) is 0 Å². The molecule has 1 heterocycles. The first-order valence-corrected chi connectivity index (χ1v) is 12.5. The highest BCUT2D eigenvalue weighted by atomic mass is 19.1. The zero-order valence-corrected chi connectivity index (χ0v) is 21.2. The van der Waals surface area contributed by atoms with Gasteiger partial charge >= 0.3 is 0 Å². The second-order valence-electron chi connectivity index (χ2n) is 10.7. The number of fused-ring (bicyclic) bond motifs is 3. The quantitative estimate of drug-likeness (QED) is 0.196. The van der Waals surface area contributed by atoms with Gasteiger partial charge in [-0.2, -0.15) is 0 Å². The summed E-state index contributed by atoms with van der Waals surface area (Å²) in [5.41, 5.74) is 0.325. The molecule has 208 valence electrons. The topological polar surface area (TPSA) is 203 Å². The molecule has 1 aliphatic heterocycles. The van der Waals surface area contributed by atoms with Crippen molar-refractivity contribution in [1.29, 1.82) is 0 Å². The van der Waals surface area contributed by atoms with E-state index in [4.69, 9.17) is 5.73 Å². The lowest BCUT2D eigenvalue weighted by molar-refractivity contribution is -0.153. The number of phenols is 1. The predicted molar refractivity (Wildman–Crippen MR) is 134 cm³/mol. The molecule has 3 aliphatic carbocycles. The van der Waals surface area contributed by atoms with Crippen LogP contribution in [0, 0.1) is 17.7 Å². The van der Waals surface area contributed by atoms with Gasteiger partial charge in [-0.25, -0.2) is 4.39 Å². The van der Waals surface area contributed by atoms with Crippen LogP contribution in [0.4, 0.5) is 10.1 Å². The Morgan fingerprint density at radius 2 is 1.92 bits per heavy atom. The number of nitrogens with one attached hydrogen (secondary N) is 2. The maximum Gasteiger partial charge on any atom is 0.255 e. The van der Waals surface area contributed by atoms with E-state index >= 15 is 4.39 Å². The second-order valence-corrected chi connectivity index (χ2v) is 10.7. The fourth-order valence-corrected chi connectivity index (χ4v) is 6.49. The molecule has 0 bridgehead atoms. The van der Waals surface area contributed by atoms with Crippen LogP contribution in [0.5, 0.6) is 5.75 Å². The van der Waals surface area contributed by atoms with Gasteiger partial charge in [-0.15, -0.1) is 0 Å². The number of aliphatic hydroxyl groups is 3. The molecule has 12 nitrogen and oxygen atoms in total. The lowest BCUT2D eigenvalue weighted by Gasteiger charge is -2.50. The number of primary amides is 1. The fraction of sp³-hybridized carbons (Fsp3) is 0.462. The average molecular weight is 545 g/mol. The maximum atomic E-state index is 15.3. The van der Waals surface area contributed by atoms with Crippen molar-refractivity contribution < 1.29 is 44.0 Å². The van der Waals surface area contributed by atoms with E-state index in [2.05, 4.69) is 10.6 Å². The highest BCUT2D eigenvalue weighted by Gasteiger charge is 2.64.